The first kappa shape index (κ1) is 9.60. The van der Waals surface area contributed by atoms with Crippen molar-refractivity contribution in [3.63, 3.8) is 0 Å². The van der Waals surface area contributed by atoms with Gasteiger partial charge in [-0.25, -0.2) is 0 Å². The van der Waals surface area contributed by atoms with Gasteiger partial charge in [0.25, 0.3) is 0 Å². The van der Waals surface area contributed by atoms with Gasteiger partial charge in [0.2, 0.25) is 0 Å². The fraction of sp³-hybridized carbons (Fsp3) is 0.222. The lowest BCUT2D eigenvalue weighted by molar-refractivity contribution is 0.275. The standard InChI is InChI=1S/C9H10N4O2/c1-13-6-11-9(12-13)15-8-2-3-10-4-7(8)5-14/h2-4,6,14H,5H2,1H3. The minimum atomic E-state index is -0.129. The Hall–Kier alpha value is -1.95. The molecule has 2 rings (SSSR count). The zero-order valence-electron chi connectivity index (χ0n) is 8.16. The summed E-state index contributed by atoms with van der Waals surface area (Å²) in [6.07, 6.45) is 4.66. The Bertz CT molecular complexity index is 455. The van der Waals surface area contributed by atoms with Gasteiger partial charge >= 0.3 is 6.01 Å². The number of ether oxygens (including phenoxy) is 1. The van der Waals surface area contributed by atoms with Crippen molar-refractivity contribution in [2.75, 3.05) is 0 Å². The van der Waals surface area contributed by atoms with Gasteiger partial charge in [-0.1, -0.05) is 0 Å². The fourth-order valence-corrected chi connectivity index (χ4v) is 1.10. The minimum absolute atomic E-state index is 0.129. The number of hydrogen-bond acceptors (Lipinski definition) is 5. The van der Waals surface area contributed by atoms with E-state index in [0.29, 0.717) is 11.3 Å². The van der Waals surface area contributed by atoms with Crippen LogP contribution in [-0.4, -0.2) is 24.9 Å². The highest BCUT2D eigenvalue weighted by atomic mass is 16.5. The molecule has 0 bridgehead atoms. The summed E-state index contributed by atoms with van der Waals surface area (Å²) in [4.78, 5) is 7.79. The van der Waals surface area contributed by atoms with Crippen molar-refractivity contribution >= 4 is 0 Å². The van der Waals surface area contributed by atoms with E-state index in [1.54, 1.807) is 19.3 Å². The van der Waals surface area contributed by atoms with Crippen molar-refractivity contribution in [1.82, 2.24) is 19.7 Å². The van der Waals surface area contributed by atoms with E-state index < -0.39 is 0 Å². The summed E-state index contributed by atoms with van der Waals surface area (Å²) in [6.45, 7) is -0.129. The topological polar surface area (TPSA) is 73.1 Å². The first-order valence-corrected chi connectivity index (χ1v) is 4.37. The molecule has 2 heterocycles. The molecule has 6 heteroatoms. The largest absolute Gasteiger partial charge is 0.423 e. The molecule has 0 saturated carbocycles. The van der Waals surface area contributed by atoms with Gasteiger partial charge in [-0.15, -0.1) is 5.10 Å². The fourth-order valence-electron chi connectivity index (χ4n) is 1.10. The molecule has 2 aromatic heterocycles. The van der Waals surface area contributed by atoms with Crippen molar-refractivity contribution in [1.29, 1.82) is 0 Å². The zero-order chi connectivity index (χ0) is 10.7. The number of aliphatic hydroxyl groups is 1. The van der Waals surface area contributed by atoms with Gasteiger partial charge in [-0.2, -0.15) is 4.98 Å². The monoisotopic (exact) mass is 206 g/mol. The molecule has 0 aliphatic heterocycles. The summed E-state index contributed by atoms with van der Waals surface area (Å²) in [6, 6.07) is 1.90. The molecule has 1 N–H and O–H groups in total. The summed E-state index contributed by atoms with van der Waals surface area (Å²) < 4.78 is 6.91. The number of hydrogen-bond donors (Lipinski definition) is 1. The Morgan fingerprint density at radius 2 is 2.40 bits per heavy atom. The highest BCUT2D eigenvalue weighted by Gasteiger charge is 2.06. The maximum Gasteiger partial charge on any atom is 0.340 e. The molecule has 0 aromatic carbocycles. The van der Waals surface area contributed by atoms with E-state index in [1.807, 2.05) is 0 Å². The first-order valence-electron chi connectivity index (χ1n) is 4.37. The summed E-state index contributed by atoms with van der Waals surface area (Å²) in [5.74, 6) is 0.513. The Morgan fingerprint density at radius 1 is 1.53 bits per heavy atom. The number of nitrogens with zero attached hydrogens (tertiary/aromatic N) is 4. The molecule has 15 heavy (non-hydrogen) atoms. The van der Waals surface area contributed by atoms with Crippen LogP contribution in [0, 0.1) is 0 Å². The van der Waals surface area contributed by atoms with Gasteiger partial charge in [0.05, 0.1) is 6.61 Å². The molecule has 0 spiro atoms. The Morgan fingerprint density at radius 3 is 3.07 bits per heavy atom. The van der Waals surface area contributed by atoms with E-state index in [4.69, 9.17) is 9.84 Å². The predicted octanol–water partition coefficient (Wildman–Crippen LogP) is 0.495. The van der Waals surface area contributed by atoms with Crippen LogP contribution >= 0.6 is 0 Å². The molecular weight excluding hydrogens is 196 g/mol. The lowest BCUT2D eigenvalue weighted by Gasteiger charge is -2.04. The van der Waals surface area contributed by atoms with Crippen LogP contribution in [-0.2, 0) is 13.7 Å². The molecular formula is C9H10N4O2. The van der Waals surface area contributed by atoms with Crippen LogP contribution in [0.2, 0.25) is 0 Å². The SMILES string of the molecule is Cn1cnc(Oc2ccncc2CO)n1. The average Bonchev–Trinajstić information content (AvgIpc) is 2.65. The molecule has 0 saturated heterocycles. The summed E-state index contributed by atoms with van der Waals surface area (Å²) >= 11 is 0. The second kappa shape index (κ2) is 4.05. The molecule has 0 amide bonds. The number of aliphatic hydroxyl groups excluding tert-OH is 1. The minimum Gasteiger partial charge on any atom is -0.423 e. The second-order valence-electron chi connectivity index (χ2n) is 2.94. The number of rotatable bonds is 3. The lowest BCUT2D eigenvalue weighted by Crippen LogP contribution is -1.94. The van der Waals surface area contributed by atoms with Gasteiger partial charge in [0.1, 0.15) is 12.1 Å². The molecule has 2 aromatic rings. The van der Waals surface area contributed by atoms with Gasteiger partial charge in [0, 0.05) is 25.0 Å². The molecule has 0 aliphatic carbocycles. The van der Waals surface area contributed by atoms with E-state index in [-0.39, 0.29) is 12.6 Å². The molecule has 0 radical (unpaired) electrons. The Labute approximate surface area is 86.2 Å². The maximum absolute atomic E-state index is 9.04. The second-order valence-corrected chi connectivity index (χ2v) is 2.94. The molecule has 0 atom stereocenters. The molecule has 0 aliphatic rings. The van der Waals surface area contributed by atoms with Crippen LogP contribution in [0.15, 0.2) is 24.8 Å². The number of pyridine rings is 1. The van der Waals surface area contributed by atoms with Crippen molar-refractivity contribution < 1.29 is 9.84 Å². The van der Waals surface area contributed by atoms with Gasteiger partial charge < -0.3 is 9.84 Å². The third kappa shape index (κ3) is 2.10. The highest BCUT2D eigenvalue weighted by molar-refractivity contribution is 5.31. The van der Waals surface area contributed by atoms with Crippen LogP contribution in [0.25, 0.3) is 0 Å². The van der Waals surface area contributed by atoms with E-state index in [2.05, 4.69) is 15.1 Å². The van der Waals surface area contributed by atoms with Crippen LogP contribution in [0.5, 0.6) is 11.8 Å². The van der Waals surface area contributed by atoms with Crippen molar-refractivity contribution in [3.8, 4) is 11.8 Å². The summed E-state index contributed by atoms with van der Waals surface area (Å²) in [5.41, 5.74) is 0.602. The van der Waals surface area contributed by atoms with Crippen molar-refractivity contribution in [2.45, 2.75) is 6.61 Å². The quantitative estimate of drug-likeness (QED) is 0.791. The third-order valence-corrected chi connectivity index (χ3v) is 1.81. The Kier molecular flexibility index (Phi) is 2.59. The highest BCUT2D eigenvalue weighted by Crippen LogP contribution is 2.21. The third-order valence-electron chi connectivity index (χ3n) is 1.81. The van der Waals surface area contributed by atoms with E-state index >= 15 is 0 Å². The predicted molar refractivity (Wildman–Crippen MR) is 51.2 cm³/mol. The normalized spacial score (nSPS) is 10.3. The van der Waals surface area contributed by atoms with Crippen LogP contribution in [0.3, 0.4) is 0 Å². The number of aromatic nitrogens is 4. The van der Waals surface area contributed by atoms with Crippen molar-refractivity contribution in [3.05, 3.63) is 30.4 Å². The van der Waals surface area contributed by atoms with Gasteiger partial charge in [-0.05, 0) is 6.07 Å². The van der Waals surface area contributed by atoms with Crippen molar-refractivity contribution in [2.24, 2.45) is 7.05 Å². The smallest absolute Gasteiger partial charge is 0.340 e. The maximum atomic E-state index is 9.04. The zero-order valence-corrected chi connectivity index (χ0v) is 8.16. The van der Waals surface area contributed by atoms with Crippen LogP contribution < -0.4 is 4.74 Å². The number of aryl methyl sites for hydroxylation is 1. The molecule has 6 nitrogen and oxygen atoms in total. The Balaban J connectivity index is 2.23. The summed E-state index contributed by atoms with van der Waals surface area (Å²) in [5, 5.41) is 13.0. The summed E-state index contributed by atoms with van der Waals surface area (Å²) in [7, 11) is 1.75. The average molecular weight is 206 g/mol. The lowest BCUT2D eigenvalue weighted by atomic mass is 10.3. The van der Waals surface area contributed by atoms with Crippen LogP contribution in [0.4, 0.5) is 0 Å². The van der Waals surface area contributed by atoms with E-state index in [0.717, 1.165) is 0 Å². The van der Waals surface area contributed by atoms with E-state index in [1.165, 1.54) is 17.2 Å². The first-order chi connectivity index (χ1) is 7.29. The van der Waals surface area contributed by atoms with Gasteiger partial charge in [-0.3, -0.25) is 9.67 Å². The molecule has 0 unspecified atom stereocenters. The molecule has 0 fully saturated rings. The van der Waals surface area contributed by atoms with Gasteiger partial charge in [0.15, 0.2) is 0 Å². The van der Waals surface area contributed by atoms with E-state index in [9.17, 15) is 0 Å². The van der Waals surface area contributed by atoms with Crippen LogP contribution in [0.1, 0.15) is 5.56 Å². The molecule has 78 valence electrons.